The first-order valence-corrected chi connectivity index (χ1v) is 4.03. The number of aromatic nitrogens is 1. The van der Waals surface area contributed by atoms with Crippen LogP contribution in [0.15, 0.2) is 4.52 Å². The molecule has 13 heavy (non-hydrogen) atoms. The van der Waals surface area contributed by atoms with E-state index in [1.807, 2.05) is 7.05 Å². The van der Waals surface area contributed by atoms with Gasteiger partial charge in [-0.1, -0.05) is 5.16 Å². The highest BCUT2D eigenvalue weighted by molar-refractivity contribution is 5.70. The summed E-state index contributed by atoms with van der Waals surface area (Å²) >= 11 is 0. The molecule has 0 spiro atoms. The lowest BCUT2D eigenvalue weighted by atomic mass is 10.2. The van der Waals surface area contributed by atoms with E-state index >= 15 is 0 Å². The van der Waals surface area contributed by atoms with Crippen molar-refractivity contribution in [1.82, 2.24) is 10.1 Å². The topological polar surface area (TPSA) is 66.6 Å². The van der Waals surface area contributed by atoms with Crippen molar-refractivity contribution in [2.45, 2.75) is 19.5 Å². The second kappa shape index (κ2) is 2.85. The van der Waals surface area contributed by atoms with Crippen molar-refractivity contribution < 1.29 is 14.4 Å². The fourth-order valence-corrected chi connectivity index (χ4v) is 1.54. The number of hydrogen-bond donors (Lipinski definition) is 1. The fraction of sp³-hybridized carbons (Fsp3) is 0.500. The molecule has 0 fully saturated rings. The molecule has 70 valence electrons. The number of nitrogens with zero attached hydrogens (tertiary/aromatic N) is 2. The maximum Gasteiger partial charge on any atom is 0.309 e. The van der Waals surface area contributed by atoms with E-state index in [0.29, 0.717) is 5.69 Å². The monoisotopic (exact) mass is 182 g/mol. The van der Waals surface area contributed by atoms with E-state index in [1.165, 1.54) is 0 Å². The minimum atomic E-state index is -0.870. The van der Waals surface area contributed by atoms with Crippen molar-refractivity contribution >= 4 is 5.97 Å². The van der Waals surface area contributed by atoms with Gasteiger partial charge >= 0.3 is 5.97 Å². The lowest BCUT2D eigenvalue weighted by molar-refractivity contribution is -0.136. The van der Waals surface area contributed by atoms with Crippen LogP contribution in [0.1, 0.15) is 17.0 Å². The summed E-state index contributed by atoms with van der Waals surface area (Å²) in [6.45, 7) is 1.46. The Labute approximate surface area is 74.9 Å². The van der Waals surface area contributed by atoms with Gasteiger partial charge in [-0.25, -0.2) is 0 Å². The van der Waals surface area contributed by atoms with Crippen LogP contribution in [0.2, 0.25) is 0 Å². The normalized spacial score (nSPS) is 16.1. The SMILES string of the molecule is CN1Cc2onc(CC(=O)O)c2C1. The molecule has 2 heterocycles. The fourth-order valence-electron chi connectivity index (χ4n) is 1.54. The molecule has 1 aliphatic rings. The largest absolute Gasteiger partial charge is 0.481 e. The molecular formula is C8H10N2O3. The van der Waals surface area contributed by atoms with Crippen LogP contribution < -0.4 is 0 Å². The number of aliphatic carboxylic acids is 1. The van der Waals surface area contributed by atoms with E-state index in [0.717, 1.165) is 24.4 Å². The lowest BCUT2D eigenvalue weighted by Crippen LogP contribution is -2.10. The zero-order valence-corrected chi connectivity index (χ0v) is 7.28. The summed E-state index contributed by atoms with van der Waals surface area (Å²) in [6.07, 6.45) is -0.0489. The zero-order chi connectivity index (χ0) is 9.42. The molecule has 1 aliphatic heterocycles. The molecule has 1 aromatic heterocycles. The second-order valence-electron chi connectivity index (χ2n) is 3.27. The quantitative estimate of drug-likeness (QED) is 0.710. The standard InChI is InChI=1S/C8H10N2O3/c1-10-3-5-6(2-8(11)12)9-13-7(5)4-10/h2-4H2,1H3,(H,11,12). The van der Waals surface area contributed by atoms with Gasteiger partial charge in [0.05, 0.1) is 18.7 Å². The summed E-state index contributed by atoms with van der Waals surface area (Å²) < 4.78 is 5.02. The van der Waals surface area contributed by atoms with Crippen LogP contribution in [0.25, 0.3) is 0 Å². The molecule has 0 radical (unpaired) electrons. The van der Waals surface area contributed by atoms with Crippen molar-refractivity contribution in [3.8, 4) is 0 Å². The van der Waals surface area contributed by atoms with Gasteiger partial charge in [-0.2, -0.15) is 0 Å². The molecular weight excluding hydrogens is 172 g/mol. The minimum absolute atomic E-state index is 0.0489. The maximum absolute atomic E-state index is 10.5. The lowest BCUT2D eigenvalue weighted by Gasteiger charge is -2.03. The average molecular weight is 182 g/mol. The van der Waals surface area contributed by atoms with Crippen molar-refractivity contribution in [2.24, 2.45) is 0 Å². The van der Waals surface area contributed by atoms with Crippen LogP contribution >= 0.6 is 0 Å². The van der Waals surface area contributed by atoms with Gasteiger partial charge in [0, 0.05) is 12.1 Å². The van der Waals surface area contributed by atoms with Gasteiger partial charge < -0.3 is 9.63 Å². The molecule has 1 N–H and O–H groups in total. The van der Waals surface area contributed by atoms with Gasteiger partial charge in [0.1, 0.15) is 0 Å². The van der Waals surface area contributed by atoms with Gasteiger partial charge in [0.2, 0.25) is 0 Å². The summed E-state index contributed by atoms with van der Waals surface area (Å²) in [5.74, 6) is -0.0654. The zero-order valence-electron chi connectivity index (χ0n) is 7.28. The Morgan fingerprint density at radius 2 is 2.46 bits per heavy atom. The highest BCUT2D eigenvalue weighted by Gasteiger charge is 2.25. The van der Waals surface area contributed by atoms with E-state index in [-0.39, 0.29) is 6.42 Å². The summed E-state index contributed by atoms with van der Waals surface area (Å²) in [7, 11) is 1.96. The molecule has 1 aromatic rings. The number of carbonyl (C=O) groups is 1. The first-order valence-electron chi connectivity index (χ1n) is 4.03. The number of hydrogen-bond acceptors (Lipinski definition) is 4. The van der Waals surface area contributed by atoms with E-state index in [1.54, 1.807) is 0 Å². The Morgan fingerprint density at radius 3 is 3.15 bits per heavy atom. The van der Waals surface area contributed by atoms with Crippen LogP contribution in [-0.2, 0) is 24.3 Å². The number of carboxylic acid groups (broad SMARTS) is 1. The van der Waals surface area contributed by atoms with Crippen LogP contribution in [0.5, 0.6) is 0 Å². The summed E-state index contributed by atoms with van der Waals surface area (Å²) in [6, 6.07) is 0. The molecule has 0 saturated carbocycles. The predicted molar refractivity (Wildman–Crippen MR) is 43.0 cm³/mol. The van der Waals surface area contributed by atoms with Gasteiger partial charge in [-0.15, -0.1) is 0 Å². The Hall–Kier alpha value is -1.36. The predicted octanol–water partition coefficient (Wildman–Crippen LogP) is 0.247. The maximum atomic E-state index is 10.5. The molecule has 0 bridgehead atoms. The van der Waals surface area contributed by atoms with Gasteiger partial charge in [-0.05, 0) is 7.05 Å². The first kappa shape index (κ1) is 8.25. The molecule has 0 saturated heterocycles. The summed E-state index contributed by atoms with van der Waals surface area (Å²) in [5, 5.41) is 12.3. The van der Waals surface area contributed by atoms with E-state index in [9.17, 15) is 4.79 Å². The van der Waals surface area contributed by atoms with Crippen molar-refractivity contribution in [2.75, 3.05) is 7.05 Å². The van der Waals surface area contributed by atoms with Crippen LogP contribution in [0.3, 0.4) is 0 Å². The summed E-state index contributed by atoms with van der Waals surface area (Å²) in [4.78, 5) is 12.5. The van der Waals surface area contributed by atoms with Gasteiger partial charge in [-0.3, -0.25) is 9.69 Å². The average Bonchev–Trinajstić information content (AvgIpc) is 2.51. The second-order valence-corrected chi connectivity index (χ2v) is 3.27. The van der Waals surface area contributed by atoms with Crippen molar-refractivity contribution in [3.05, 3.63) is 17.0 Å². The molecule has 0 amide bonds. The van der Waals surface area contributed by atoms with Crippen molar-refractivity contribution in [3.63, 3.8) is 0 Å². The third kappa shape index (κ3) is 1.42. The van der Waals surface area contributed by atoms with Crippen LogP contribution in [0.4, 0.5) is 0 Å². The third-order valence-electron chi connectivity index (χ3n) is 2.11. The third-order valence-corrected chi connectivity index (χ3v) is 2.11. The highest BCUT2D eigenvalue weighted by atomic mass is 16.5. The van der Waals surface area contributed by atoms with Crippen LogP contribution in [0, 0.1) is 0 Å². The van der Waals surface area contributed by atoms with E-state index in [2.05, 4.69) is 10.1 Å². The number of rotatable bonds is 2. The molecule has 5 nitrogen and oxygen atoms in total. The molecule has 2 rings (SSSR count). The number of carboxylic acids is 1. The minimum Gasteiger partial charge on any atom is -0.481 e. The Balaban J connectivity index is 2.25. The molecule has 5 heteroatoms. The Kier molecular flexibility index (Phi) is 1.81. The van der Waals surface area contributed by atoms with E-state index < -0.39 is 5.97 Å². The summed E-state index contributed by atoms with van der Waals surface area (Å²) in [5.41, 5.74) is 1.51. The number of fused-ring (bicyclic) bond motifs is 1. The molecule has 0 unspecified atom stereocenters. The van der Waals surface area contributed by atoms with Gasteiger partial charge in [0.15, 0.2) is 5.76 Å². The molecule has 0 atom stereocenters. The molecule has 0 aromatic carbocycles. The van der Waals surface area contributed by atoms with Crippen LogP contribution in [-0.4, -0.2) is 28.2 Å². The van der Waals surface area contributed by atoms with E-state index in [4.69, 9.17) is 9.63 Å². The van der Waals surface area contributed by atoms with Crippen molar-refractivity contribution in [1.29, 1.82) is 0 Å². The Bertz CT molecular complexity index is 345. The first-order chi connectivity index (χ1) is 6.16. The van der Waals surface area contributed by atoms with Gasteiger partial charge in [0.25, 0.3) is 0 Å². The smallest absolute Gasteiger partial charge is 0.309 e. The molecule has 0 aliphatic carbocycles. The Morgan fingerprint density at radius 1 is 1.69 bits per heavy atom. The highest BCUT2D eigenvalue weighted by Crippen LogP contribution is 2.24.